The molecule has 0 aromatic heterocycles. The van der Waals surface area contributed by atoms with Gasteiger partial charge in [0.25, 0.3) is 10.1 Å². The first-order valence-electron chi connectivity index (χ1n) is 6.15. The fourth-order valence-electron chi connectivity index (χ4n) is 2.26. The second-order valence-electron chi connectivity index (χ2n) is 4.80. The molecule has 0 unspecified atom stereocenters. The lowest BCUT2D eigenvalue weighted by Crippen LogP contribution is -2.34. The molecule has 2 aliphatic heterocycles. The molecule has 0 saturated heterocycles. The minimum Gasteiger partial charge on any atom is -0.495 e. The van der Waals surface area contributed by atoms with Gasteiger partial charge in [0, 0.05) is 14.1 Å². The molecule has 112 valence electrons. The summed E-state index contributed by atoms with van der Waals surface area (Å²) in [5.41, 5.74) is 2.66. The number of rotatable bonds is 4. The third kappa shape index (κ3) is 3.07. The molecular weight excluding hydrogens is 282 g/mol. The van der Waals surface area contributed by atoms with Crippen LogP contribution in [0.5, 0.6) is 0 Å². The highest BCUT2D eigenvalue weighted by atomic mass is 32.2. The monoisotopic (exact) mass is 301 g/mol. The van der Waals surface area contributed by atoms with E-state index in [1.807, 2.05) is 36.1 Å². The van der Waals surface area contributed by atoms with E-state index in [2.05, 4.69) is 0 Å². The van der Waals surface area contributed by atoms with Crippen LogP contribution in [0.15, 0.2) is 35.5 Å². The third-order valence-corrected chi connectivity index (χ3v) is 4.08. The highest BCUT2D eigenvalue weighted by molar-refractivity contribution is 7.85. The van der Waals surface area contributed by atoms with Crippen LogP contribution >= 0.6 is 0 Å². The highest BCUT2D eigenvalue weighted by Crippen LogP contribution is 2.28. The SMILES string of the molecule is CC1=C(N(C)CS(=O)(=O)O)CN(C2=COCC=C2)N1C. The standard InChI is InChI=1S/C12H19N3O4S/c1-10-12(13(2)9-20(16,17)18)7-15(14(10)3)11-5-4-6-19-8-11/h4-5,8H,6-7,9H2,1-3H3,(H,16,17,18). The average Bonchev–Trinajstić information content (AvgIpc) is 2.66. The smallest absolute Gasteiger partial charge is 0.283 e. The molecule has 0 bridgehead atoms. The van der Waals surface area contributed by atoms with E-state index in [0.717, 1.165) is 17.1 Å². The molecule has 0 aromatic carbocycles. The predicted octanol–water partition coefficient (Wildman–Crippen LogP) is 0.585. The van der Waals surface area contributed by atoms with Gasteiger partial charge in [-0.2, -0.15) is 8.42 Å². The van der Waals surface area contributed by atoms with Crippen molar-refractivity contribution in [3.63, 3.8) is 0 Å². The normalized spacial score (nSPS) is 19.3. The third-order valence-electron chi connectivity index (χ3n) is 3.37. The maximum absolute atomic E-state index is 11.0. The van der Waals surface area contributed by atoms with Crippen LogP contribution in [-0.4, -0.2) is 61.0 Å². The first-order valence-corrected chi connectivity index (χ1v) is 7.76. The first kappa shape index (κ1) is 14.7. The minimum atomic E-state index is -4.04. The molecule has 0 atom stereocenters. The van der Waals surface area contributed by atoms with Crippen LogP contribution in [0.1, 0.15) is 6.92 Å². The molecule has 8 heteroatoms. The molecule has 2 heterocycles. The van der Waals surface area contributed by atoms with Gasteiger partial charge >= 0.3 is 0 Å². The Morgan fingerprint density at radius 3 is 2.75 bits per heavy atom. The van der Waals surface area contributed by atoms with E-state index in [9.17, 15) is 8.42 Å². The lowest BCUT2D eigenvalue weighted by Gasteiger charge is -2.30. The summed E-state index contributed by atoms with van der Waals surface area (Å²) in [6.45, 7) is 2.99. The summed E-state index contributed by atoms with van der Waals surface area (Å²) < 4.78 is 36.2. The van der Waals surface area contributed by atoms with Crippen molar-refractivity contribution in [2.45, 2.75) is 6.92 Å². The van der Waals surface area contributed by atoms with Crippen LogP contribution in [0.3, 0.4) is 0 Å². The van der Waals surface area contributed by atoms with Crippen molar-refractivity contribution in [2.75, 3.05) is 33.1 Å². The zero-order chi connectivity index (χ0) is 14.9. The zero-order valence-electron chi connectivity index (χ0n) is 11.8. The summed E-state index contributed by atoms with van der Waals surface area (Å²) in [5.74, 6) is -0.424. The van der Waals surface area contributed by atoms with Crippen molar-refractivity contribution < 1.29 is 17.7 Å². The molecule has 0 fully saturated rings. The second-order valence-corrected chi connectivity index (χ2v) is 6.22. The van der Waals surface area contributed by atoms with Crippen molar-refractivity contribution in [2.24, 2.45) is 0 Å². The van der Waals surface area contributed by atoms with E-state index in [1.54, 1.807) is 13.3 Å². The quantitative estimate of drug-likeness (QED) is 0.762. The van der Waals surface area contributed by atoms with Crippen LogP contribution in [0.2, 0.25) is 0 Å². The van der Waals surface area contributed by atoms with Gasteiger partial charge in [-0.05, 0) is 19.1 Å². The topological polar surface area (TPSA) is 73.3 Å². The number of allylic oxidation sites excluding steroid dienone is 2. The van der Waals surface area contributed by atoms with E-state index in [4.69, 9.17) is 9.29 Å². The number of hydrogen-bond acceptors (Lipinski definition) is 6. The Morgan fingerprint density at radius 1 is 1.50 bits per heavy atom. The number of ether oxygens (including phenoxy) is 1. The van der Waals surface area contributed by atoms with Crippen molar-refractivity contribution in [3.8, 4) is 0 Å². The molecule has 1 N–H and O–H groups in total. The molecule has 20 heavy (non-hydrogen) atoms. The van der Waals surface area contributed by atoms with E-state index >= 15 is 0 Å². The largest absolute Gasteiger partial charge is 0.495 e. The molecule has 0 spiro atoms. The lowest BCUT2D eigenvalue weighted by atomic mass is 10.3. The zero-order valence-corrected chi connectivity index (χ0v) is 12.6. The molecular formula is C12H19N3O4S. The summed E-state index contributed by atoms with van der Waals surface area (Å²) in [6, 6.07) is 0. The van der Waals surface area contributed by atoms with Gasteiger partial charge in [-0.15, -0.1) is 0 Å². The van der Waals surface area contributed by atoms with Gasteiger partial charge in [0.2, 0.25) is 0 Å². The van der Waals surface area contributed by atoms with Gasteiger partial charge in [0.05, 0.1) is 23.6 Å². The number of hydrogen-bond donors (Lipinski definition) is 1. The van der Waals surface area contributed by atoms with Crippen LogP contribution in [0, 0.1) is 0 Å². The Morgan fingerprint density at radius 2 is 2.20 bits per heavy atom. The van der Waals surface area contributed by atoms with Crippen molar-refractivity contribution >= 4 is 10.1 Å². The van der Waals surface area contributed by atoms with Crippen LogP contribution < -0.4 is 0 Å². The number of hydrazine groups is 1. The van der Waals surface area contributed by atoms with Gasteiger partial charge in [0.15, 0.2) is 0 Å². The fourth-order valence-corrected chi connectivity index (χ4v) is 2.90. The van der Waals surface area contributed by atoms with Gasteiger partial charge in [-0.1, -0.05) is 0 Å². The van der Waals surface area contributed by atoms with Gasteiger partial charge in [0.1, 0.15) is 18.7 Å². The number of nitrogens with zero attached hydrogens (tertiary/aromatic N) is 3. The Bertz CT molecular complexity index is 580. The number of likely N-dealkylation sites (N-methyl/N-ethyl adjacent to an activating group) is 1. The second kappa shape index (κ2) is 5.37. The molecule has 0 amide bonds. The summed E-state index contributed by atoms with van der Waals surface area (Å²) in [7, 11) is -0.502. The van der Waals surface area contributed by atoms with E-state index < -0.39 is 16.0 Å². The Labute approximate surface area is 119 Å². The van der Waals surface area contributed by atoms with E-state index in [0.29, 0.717) is 13.2 Å². The van der Waals surface area contributed by atoms with Crippen molar-refractivity contribution in [1.82, 2.24) is 14.9 Å². The van der Waals surface area contributed by atoms with Gasteiger partial charge in [-0.3, -0.25) is 14.6 Å². The summed E-state index contributed by atoms with van der Waals surface area (Å²) >= 11 is 0. The van der Waals surface area contributed by atoms with Crippen LogP contribution in [0.25, 0.3) is 0 Å². The van der Waals surface area contributed by atoms with Gasteiger partial charge in [-0.25, -0.2) is 0 Å². The highest BCUT2D eigenvalue weighted by Gasteiger charge is 2.29. The fraction of sp³-hybridized carbons (Fsp3) is 0.500. The minimum absolute atomic E-state index is 0.424. The first-order chi connectivity index (χ1) is 9.29. The molecule has 0 aromatic rings. The summed E-state index contributed by atoms with van der Waals surface area (Å²) in [4.78, 5) is 1.54. The Hall–Kier alpha value is -1.67. The molecule has 0 radical (unpaired) electrons. The lowest BCUT2D eigenvalue weighted by molar-refractivity contribution is 0.106. The maximum Gasteiger partial charge on any atom is 0.283 e. The van der Waals surface area contributed by atoms with Crippen LogP contribution in [0.4, 0.5) is 0 Å². The molecule has 2 aliphatic rings. The Balaban J connectivity index is 2.16. The van der Waals surface area contributed by atoms with Crippen LogP contribution in [-0.2, 0) is 14.9 Å². The Kier molecular flexibility index (Phi) is 3.96. The van der Waals surface area contributed by atoms with Gasteiger partial charge < -0.3 is 9.64 Å². The maximum atomic E-state index is 11.0. The van der Waals surface area contributed by atoms with Crippen molar-refractivity contribution in [1.29, 1.82) is 0 Å². The average molecular weight is 301 g/mol. The van der Waals surface area contributed by atoms with Crippen molar-refractivity contribution in [3.05, 3.63) is 35.5 Å². The molecule has 2 rings (SSSR count). The van der Waals surface area contributed by atoms with E-state index in [1.165, 1.54) is 4.90 Å². The molecule has 7 nitrogen and oxygen atoms in total. The molecule has 0 saturated carbocycles. The van der Waals surface area contributed by atoms with E-state index in [-0.39, 0.29) is 0 Å². The summed E-state index contributed by atoms with van der Waals surface area (Å²) in [5, 5.41) is 3.90. The summed E-state index contributed by atoms with van der Waals surface area (Å²) in [6.07, 6.45) is 5.55. The molecule has 0 aliphatic carbocycles. The predicted molar refractivity (Wildman–Crippen MR) is 74.5 cm³/mol.